The van der Waals surface area contributed by atoms with E-state index in [0.29, 0.717) is 41.1 Å². The number of fused-ring (bicyclic) bond motifs is 2. The highest BCUT2D eigenvalue weighted by molar-refractivity contribution is 5.64. The highest BCUT2D eigenvalue weighted by Gasteiger charge is 2.34. The summed E-state index contributed by atoms with van der Waals surface area (Å²) >= 11 is 0. The highest BCUT2D eigenvalue weighted by Crippen LogP contribution is 2.52. The molecule has 8 rings (SSSR count). The summed E-state index contributed by atoms with van der Waals surface area (Å²) in [6.45, 7) is 4.40. The van der Waals surface area contributed by atoms with E-state index in [1.54, 1.807) is 21.3 Å². The lowest BCUT2D eigenvalue weighted by molar-refractivity contribution is 0.220. The smallest absolute Gasteiger partial charge is 0.204 e. The molecule has 4 aromatic carbocycles. The predicted octanol–water partition coefficient (Wildman–Crippen LogP) is 7.55. The Bertz CT molecular complexity index is 1770. The van der Waals surface area contributed by atoms with E-state index in [4.69, 9.17) is 28.4 Å². The zero-order valence-corrected chi connectivity index (χ0v) is 28.2. The van der Waals surface area contributed by atoms with Crippen LogP contribution in [-0.2, 0) is 25.7 Å². The molecule has 4 aromatic rings. The van der Waals surface area contributed by atoms with Gasteiger partial charge in [0.2, 0.25) is 5.75 Å². The maximum atomic E-state index is 7.04. The van der Waals surface area contributed by atoms with Gasteiger partial charge < -0.3 is 28.4 Å². The van der Waals surface area contributed by atoms with Crippen molar-refractivity contribution < 1.29 is 28.4 Å². The molecule has 8 heteroatoms. The van der Waals surface area contributed by atoms with Crippen molar-refractivity contribution in [2.75, 3.05) is 55.1 Å². The van der Waals surface area contributed by atoms with Crippen LogP contribution in [0.15, 0.2) is 60.7 Å². The molecular weight excluding hydrogens is 592 g/mol. The first-order valence-electron chi connectivity index (χ1n) is 16.5. The lowest BCUT2D eigenvalue weighted by atomic mass is 9.87. The van der Waals surface area contributed by atoms with Gasteiger partial charge in [0.1, 0.15) is 5.75 Å². The summed E-state index contributed by atoms with van der Waals surface area (Å²) < 4.78 is 37.5. The van der Waals surface area contributed by atoms with Crippen molar-refractivity contribution in [2.24, 2.45) is 0 Å². The van der Waals surface area contributed by atoms with Gasteiger partial charge in [-0.05, 0) is 117 Å². The van der Waals surface area contributed by atoms with Gasteiger partial charge in [0.25, 0.3) is 0 Å². The summed E-state index contributed by atoms with van der Waals surface area (Å²) in [5.74, 6) is 5.48. The quantitative estimate of drug-likeness (QED) is 0.223. The van der Waals surface area contributed by atoms with Crippen LogP contribution in [-0.4, -0.2) is 64.9 Å². The molecule has 0 N–H and O–H groups in total. The number of rotatable bonds is 5. The van der Waals surface area contributed by atoms with Crippen LogP contribution in [0.4, 0.5) is 0 Å². The Hall–Kier alpha value is -4.40. The fourth-order valence-electron chi connectivity index (χ4n) is 7.38. The molecule has 0 amide bonds. The minimum atomic E-state index is 0.0000191. The second-order valence-corrected chi connectivity index (χ2v) is 12.7. The molecule has 0 aliphatic carbocycles. The summed E-state index contributed by atoms with van der Waals surface area (Å²) in [7, 11) is 9.44. The third kappa shape index (κ3) is 5.85. The average Bonchev–Trinajstić information content (AvgIpc) is 3.08. The van der Waals surface area contributed by atoms with Gasteiger partial charge in [-0.1, -0.05) is 18.2 Å². The van der Waals surface area contributed by atoms with E-state index in [1.165, 1.54) is 22.3 Å². The molecule has 4 aliphatic rings. The lowest BCUT2D eigenvalue weighted by Gasteiger charge is -2.37. The van der Waals surface area contributed by atoms with Crippen molar-refractivity contribution in [1.29, 1.82) is 0 Å². The number of nitrogens with zero attached hydrogens (tertiary/aromatic N) is 2. The normalized spacial score (nSPS) is 19.0. The summed E-state index contributed by atoms with van der Waals surface area (Å²) in [5, 5.41) is 0. The van der Waals surface area contributed by atoms with Crippen LogP contribution in [0.2, 0.25) is 0 Å². The standard InChI is InChI=1S/C39H44N2O6/c1-7-45-32-13-10-25-19-31-37-27(15-17-41(31)3)22-36(43-5)38(44-6)39(37)47-35-23-29-26(21-33(35)42-4)14-16-40(2)30(29)18-24-8-11-28(12-9-24)46-34(32)20-25/h8-13,20-23,30-31H,7,14-19H2,1-6H3/t30-,31+/m0/s1. The Morgan fingerprint density at radius 3 is 2.06 bits per heavy atom. The molecule has 4 aliphatic heterocycles. The fraction of sp³-hybridized carbons (Fsp3) is 0.385. The Balaban J connectivity index is 1.46. The van der Waals surface area contributed by atoms with E-state index in [9.17, 15) is 0 Å². The Morgan fingerprint density at radius 1 is 0.681 bits per heavy atom. The van der Waals surface area contributed by atoms with Crippen molar-refractivity contribution in [3.63, 3.8) is 0 Å². The topological polar surface area (TPSA) is 61.9 Å². The molecule has 0 aromatic heterocycles. The summed E-state index contributed by atoms with van der Waals surface area (Å²) in [6, 6.07) is 21.3. The molecule has 6 bridgehead atoms. The molecule has 4 heterocycles. The van der Waals surface area contributed by atoms with Gasteiger partial charge in [-0.2, -0.15) is 0 Å². The summed E-state index contributed by atoms with van der Waals surface area (Å²) in [4.78, 5) is 4.82. The number of likely N-dealkylation sites (N-methyl/N-ethyl adjacent to an activating group) is 2. The zero-order valence-electron chi connectivity index (χ0n) is 28.2. The molecule has 8 nitrogen and oxygen atoms in total. The Kier molecular flexibility index (Phi) is 8.64. The maximum Gasteiger partial charge on any atom is 0.204 e. The number of hydrogen-bond acceptors (Lipinski definition) is 8. The molecule has 0 unspecified atom stereocenters. The first-order valence-corrected chi connectivity index (χ1v) is 16.5. The first kappa shape index (κ1) is 31.2. The van der Waals surface area contributed by atoms with Crippen molar-refractivity contribution in [1.82, 2.24) is 9.80 Å². The van der Waals surface area contributed by atoms with Crippen molar-refractivity contribution in [3.8, 4) is 46.0 Å². The molecule has 246 valence electrons. The molecule has 2 atom stereocenters. The van der Waals surface area contributed by atoms with Gasteiger partial charge in [0, 0.05) is 30.7 Å². The van der Waals surface area contributed by atoms with Crippen LogP contribution >= 0.6 is 0 Å². The van der Waals surface area contributed by atoms with E-state index in [0.717, 1.165) is 61.4 Å². The van der Waals surface area contributed by atoms with Crippen molar-refractivity contribution in [3.05, 3.63) is 94.0 Å². The highest BCUT2D eigenvalue weighted by atomic mass is 16.5. The summed E-state index contributed by atoms with van der Waals surface area (Å²) in [5.41, 5.74) is 7.17. The molecule has 0 saturated heterocycles. The van der Waals surface area contributed by atoms with Crippen LogP contribution in [0.25, 0.3) is 0 Å². The van der Waals surface area contributed by atoms with E-state index >= 15 is 0 Å². The van der Waals surface area contributed by atoms with Crippen LogP contribution in [0.5, 0.6) is 46.0 Å². The van der Waals surface area contributed by atoms with Gasteiger partial charge in [-0.15, -0.1) is 0 Å². The largest absolute Gasteiger partial charge is 0.493 e. The molecule has 0 fully saturated rings. The first-order chi connectivity index (χ1) is 22.9. The summed E-state index contributed by atoms with van der Waals surface area (Å²) in [6.07, 6.45) is 3.38. The van der Waals surface area contributed by atoms with Gasteiger partial charge in [-0.25, -0.2) is 0 Å². The van der Waals surface area contributed by atoms with E-state index < -0.39 is 0 Å². The third-order valence-corrected chi connectivity index (χ3v) is 9.93. The number of benzene rings is 4. The Morgan fingerprint density at radius 2 is 1.34 bits per heavy atom. The molecule has 47 heavy (non-hydrogen) atoms. The second-order valence-electron chi connectivity index (χ2n) is 12.7. The van der Waals surface area contributed by atoms with E-state index in [-0.39, 0.29) is 12.1 Å². The average molecular weight is 637 g/mol. The SMILES string of the molecule is CCOc1ccc2cc1Oc1ccc(cc1)C[C@H]1c3cc(c(OC)cc3CCN1C)Oc1c(OC)c(OC)cc3c1[C@@H](C2)N(C)CC3. The minimum absolute atomic E-state index is 0.0000191. The molecule has 0 saturated carbocycles. The minimum Gasteiger partial charge on any atom is -0.493 e. The fourth-order valence-corrected chi connectivity index (χ4v) is 7.38. The molecule has 0 radical (unpaired) electrons. The van der Waals surface area contributed by atoms with Gasteiger partial charge in [0.05, 0.1) is 27.9 Å². The zero-order chi connectivity index (χ0) is 32.7. The Labute approximate surface area is 277 Å². The van der Waals surface area contributed by atoms with Gasteiger partial charge in [-0.3, -0.25) is 9.80 Å². The van der Waals surface area contributed by atoms with Crippen LogP contribution in [0.1, 0.15) is 52.4 Å². The number of methoxy groups -OCH3 is 3. The van der Waals surface area contributed by atoms with Gasteiger partial charge in [0.15, 0.2) is 34.5 Å². The maximum absolute atomic E-state index is 7.04. The molecule has 0 spiro atoms. The number of hydrogen-bond donors (Lipinski definition) is 0. The second kappa shape index (κ2) is 13.0. The van der Waals surface area contributed by atoms with Crippen molar-refractivity contribution in [2.45, 2.75) is 44.7 Å². The lowest BCUT2D eigenvalue weighted by Crippen LogP contribution is -2.34. The van der Waals surface area contributed by atoms with Crippen LogP contribution in [0, 0.1) is 0 Å². The van der Waals surface area contributed by atoms with Crippen LogP contribution < -0.4 is 28.4 Å². The third-order valence-electron chi connectivity index (χ3n) is 9.93. The number of ether oxygens (including phenoxy) is 6. The van der Waals surface area contributed by atoms with Crippen molar-refractivity contribution >= 4 is 0 Å². The monoisotopic (exact) mass is 636 g/mol. The predicted molar refractivity (Wildman–Crippen MR) is 182 cm³/mol. The molecular formula is C39H44N2O6. The van der Waals surface area contributed by atoms with Gasteiger partial charge >= 0.3 is 0 Å². The van der Waals surface area contributed by atoms with E-state index in [2.05, 4.69) is 78.5 Å². The van der Waals surface area contributed by atoms with E-state index in [1.807, 2.05) is 13.0 Å². The van der Waals surface area contributed by atoms with Crippen LogP contribution in [0.3, 0.4) is 0 Å².